The van der Waals surface area contributed by atoms with Gasteiger partial charge in [0, 0.05) is 5.56 Å². The Labute approximate surface area is 91.0 Å². The number of nitrogens with zero attached hydrogens (tertiary/aromatic N) is 4. The third-order valence-electron chi connectivity index (χ3n) is 2.11. The van der Waals surface area contributed by atoms with E-state index in [-0.39, 0.29) is 6.54 Å². The molecule has 2 rings (SSSR count). The molecule has 82 valence electrons. The summed E-state index contributed by atoms with van der Waals surface area (Å²) in [6, 6.07) is 6.63. The summed E-state index contributed by atoms with van der Waals surface area (Å²) in [5.74, 6) is 0.0779. The highest BCUT2D eigenvalue weighted by Gasteiger charge is 2.06. The van der Waals surface area contributed by atoms with E-state index in [0.29, 0.717) is 11.4 Å². The largest absolute Gasteiger partial charge is 0.366 e. The molecule has 7 heteroatoms. The van der Waals surface area contributed by atoms with Crippen molar-refractivity contribution >= 4 is 5.91 Å². The SMILES string of the molecule is NCc1nnnn1-c1ccc(C(N)=O)cc1. The van der Waals surface area contributed by atoms with Crippen LogP contribution in [0.25, 0.3) is 5.69 Å². The zero-order valence-electron chi connectivity index (χ0n) is 8.37. The summed E-state index contributed by atoms with van der Waals surface area (Å²) in [7, 11) is 0. The molecule has 1 heterocycles. The fraction of sp³-hybridized carbons (Fsp3) is 0.111. The van der Waals surface area contributed by atoms with Crippen LogP contribution in [0.3, 0.4) is 0 Å². The molecule has 1 amide bonds. The van der Waals surface area contributed by atoms with Crippen molar-refractivity contribution in [2.75, 3.05) is 0 Å². The molecular formula is C9H10N6O. The van der Waals surface area contributed by atoms with Crippen molar-refractivity contribution < 1.29 is 4.79 Å². The van der Waals surface area contributed by atoms with Crippen LogP contribution in [0.15, 0.2) is 24.3 Å². The van der Waals surface area contributed by atoms with Crippen molar-refractivity contribution in [3.63, 3.8) is 0 Å². The zero-order valence-corrected chi connectivity index (χ0v) is 8.37. The molecule has 0 saturated carbocycles. The minimum Gasteiger partial charge on any atom is -0.366 e. The maximum atomic E-state index is 10.9. The van der Waals surface area contributed by atoms with Crippen LogP contribution >= 0.6 is 0 Å². The monoisotopic (exact) mass is 218 g/mol. The van der Waals surface area contributed by atoms with Gasteiger partial charge in [0.05, 0.1) is 12.2 Å². The van der Waals surface area contributed by atoms with Gasteiger partial charge in [-0.3, -0.25) is 4.79 Å². The highest BCUT2D eigenvalue weighted by atomic mass is 16.1. The summed E-state index contributed by atoms with van der Waals surface area (Å²) in [5, 5.41) is 11.1. The molecule has 0 radical (unpaired) electrons. The maximum absolute atomic E-state index is 10.9. The van der Waals surface area contributed by atoms with Gasteiger partial charge < -0.3 is 11.5 Å². The van der Waals surface area contributed by atoms with Gasteiger partial charge in [-0.05, 0) is 34.7 Å². The summed E-state index contributed by atoms with van der Waals surface area (Å²) < 4.78 is 1.50. The minimum atomic E-state index is -0.470. The number of amides is 1. The Bertz CT molecular complexity index is 503. The first-order valence-corrected chi connectivity index (χ1v) is 4.60. The number of tetrazole rings is 1. The molecule has 16 heavy (non-hydrogen) atoms. The van der Waals surface area contributed by atoms with Crippen molar-refractivity contribution in [2.24, 2.45) is 11.5 Å². The molecule has 0 aliphatic heterocycles. The van der Waals surface area contributed by atoms with Crippen LogP contribution in [-0.4, -0.2) is 26.1 Å². The summed E-state index contributed by atoms with van der Waals surface area (Å²) in [6.07, 6.45) is 0. The van der Waals surface area contributed by atoms with Gasteiger partial charge >= 0.3 is 0 Å². The number of benzene rings is 1. The second-order valence-electron chi connectivity index (χ2n) is 3.12. The number of carbonyl (C=O) groups is 1. The van der Waals surface area contributed by atoms with Crippen LogP contribution in [-0.2, 0) is 6.54 Å². The van der Waals surface area contributed by atoms with Crippen LogP contribution in [0, 0.1) is 0 Å². The Hall–Kier alpha value is -2.28. The molecule has 0 saturated heterocycles. The number of nitrogens with two attached hydrogens (primary N) is 2. The summed E-state index contributed by atoms with van der Waals surface area (Å²) in [4.78, 5) is 10.9. The van der Waals surface area contributed by atoms with Gasteiger partial charge in [0.15, 0.2) is 5.82 Å². The Morgan fingerprint density at radius 2 is 2.00 bits per heavy atom. The van der Waals surface area contributed by atoms with Crippen LogP contribution in [0.5, 0.6) is 0 Å². The second kappa shape index (κ2) is 4.07. The van der Waals surface area contributed by atoms with Crippen molar-refractivity contribution in [3.05, 3.63) is 35.7 Å². The van der Waals surface area contributed by atoms with Gasteiger partial charge in [-0.2, -0.15) is 4.68 Å². The molecule has 0 unspecified atom stereocenters. The van der Waals surface area contributed by atoms with Crippen molar-refractivity contribution in [1.82, 2.24) is 20.2 Å². The smallest absolute Gasteiger partial charge is 0.248 e. The second-order valence-corrected chi connectivity index (χ2v) is 3.12. The first-order chi connectivity index (χ1) is 7.72. The number of primary amides is 1. The molecule has 2 aromatic rings. The highest BCUT2D eigenvalue weighted by Crippen LogP contribution is 2.09. The van der Waals surface area contributed by atoms with E-state index in [0.717, 1.165) is 5.69 Å². The Balaban J connectivity index is 2.38. The predicted molar refractivity (Wildman–Crippen MR) is 55.6 cm³/mol. The maximum Gasteiger partial charge on any atom is 0.248 e. The molecular weight excluding hydrogens is 208 g/mol. The van der Waals surface area contributed by atoms with E-state index in [9.17, 15) is 4.79 Å². The molecule has 0 fully saturated rings. The fourth-order valence-corrected chi connectivity index (χ4v) is 1.30. The standard InChI is InChI=1S/C9H10N6O/c10-5-8-12-13-14-15(8)7-3-1-6(2-4-7)9(11)16/h1-4H,5,10H2,(H2,11,16). The van der Waals surface area contributed by atoms with Gasteiger partial charge in [0.2, 0.25) is 5.91 Å². The lowest BCUT2D eigenvalue weighted by Crippen LogP contribution is -2.11. The Kier molecular flexibility index (Phi) is 2.61. The van der Waals surface area contributed by atoms with E-state index in [1.807, 2.05) is 0 Å². The van der Waals surface area contributed by atoms with Gasteiger partial charge in [-0.25, -0.2) is 0 Å². The highest BCUT2D eigenvalue weighted by molar-refractivity contribution is 5.92. The predicted octanol–water partition coefficient (Wildman–Crippen LogP) is -0.780. The lowest BCUT2D eigenvalue weighted by Gasteiger charge is -2.03. The van der Waals surface area contributed by atoms with E-state index in [4.69, 9.17) is 11.5 Å². The zero-order chi connectivity index (χ0) is 11.5. The summed E-state index contributed by atoms with van der Waals surface area (Å²) in [5.41, 5.74) is 11.8. The van der Waals surface area contributed by atoms with Crippen LogP contribution in [0.2, 0.25) is 0 Å². The summed E-state index contributed by atoms with van der Waals surface area (Å²) in [6.45, 7) is 0.241. The van der Waals surface area contributed by atoms with Gasteiger partial charge in [0.25, 0.3) is 0 Å². The number of carbonyl (C=O) groups excluding carboxylic acids is 1. The average Bonchev–Trinajstić information content (AvgIpc) is 2.77. The normalized spacial score (nSPS) is 10.3. The lowest BCUT2D eigenvalue weighted by atomic mass is 10.2. The van der Waals surface area contributed by atoms with Crippen LogP contribution in [0.4, 0.5) is 0 Å². The van der Waals surface area contributed by atoms with Gasteiger partial charge in [0.1, 0.15) is 0 Å². The summed E-state index contributed by atoms with van der Waals surface area (Å²) >= 11 is 0. The molecule has 4 N–H and O–H groups in total. The van der Waals surface area contributed by atoms with E-state index < -0.39 is 5.91 Å². The van der Waals surface area contributed by atoms with Crippen molar-refractivity contribution in [2.45, 2.75) is 6.54 Å². The molecule has 0 bridgehead atoms. The first kappa shape index (κ1) is 10.2. The Morgan fingerprint density at radius 3 is 2.56 bits per heavy atom. The topological polar surface area (TPSA) is 113 Å². The third kappa shape index (κ3) is 1.75. The molecule has 0 spiro atoms. The molecule has 0 atom stereocenters. The number of hydrogen-bond donors (Lipinski definition) is 2. The molecule has 1 aromatic carbocycles. The molecule has 7 nitrogen and oxygen atoms in total. The van der Waals surface area contributed by atoms with E-state index in [1.165, 1.54) is 4.68 Å². The van der Waals surface area contributed by atoms with Gasteiger partial charge in [-0.1, -0.05) is 0 Å². The molecule has 0 aliphatic rings. The lowest BCUT2D eigenvalue weighted by molar-refractivity contribution is 0.100. The molecule has 0 aliphatic carbocycles. The number of hydrogen-bond acceptors (Lipinski definition) is 5. The fourth-order valence-electron chi connectivity index (χ4n) is 1.30. The first-order valence-electron chi connectivity index (χ1n) is 4.60. The van der Waals surface area contributed by atoms with Crippen molar-refractivity contribution in [3.8, 4) is 5.69 Å². The quantitative estimate of drug-likeness (QED) is 0.701. The van der Waals surface area contributed by atoms with E-state index in [1.54, 1.807) is 24.3 Å². The van der Waals surface area contributed by atoms with E-state index in [2.05, 4.69) is 15.5 Å². The minimum absolute atomic E-state index is 0.241. The average molecular weight is 218 g/mol. The number of rotatable bonds is 3. The molecule has 1 aromatic heterocycles. The Morgan fingerprint density at radius 1 is 1.31 bits per heavy atom. The third-order valence-corrected chi connectivity index (χ3v) is 2.11. The van der Waals surface area contributed by atoms with E-state index >= 15 is 0 Å². The van der Waals surface area contributed by atoms with Crippen LogP contribution in [0.1, 0.15) is 16.2 Å². The number of aromatic nitrogens is 4. The van der Waals surface area contributed by atoms with Crippen molar-refractivity contribution in [1.29, 1.82) is 0 Å². The van der Waals surface area contributed by atoms with Gasteiger partial charge in [-0.15, -0.1) is 5.10 Å². The van der Waals surface area contributed by atoms with Crippen LogP contribution < -0.4 is 11.5 Å².